The van der Waals surface area contributed by atoms with Crippen LogP contribution in [0.15, 0.2) is 16.6 Å². The number of carbonyl (C=O) groups is 1. The van der Waals surface area contributed by atoms with Gasteiger partial charge in [0.15, 0.2) is 5.78 Å². The van der Waals surface area contributed by atoms with Crippen molar-refractivity contribution >= 4 is 21.7 Å². The van der Waals surface area contributed by atoms with E-state index in [1.165, 1.54) is 0 Å². The molecule has 0 saturated heterocycles. The molecule has 0 aliphatic carbocycles. The summed E-state index contributed by atoms with van der Waals surface area (Å²) in [5.74, 6) is 0.000556. The molecule has 0 fully saturated rings. The quantitative estimate of drug-likeness (QED) is 0.845. The number of Topliss-reactive ketones (excluding diaryl/α,β-unsaturated/α-hetero) is 1. The van der Waals surface area contributed by atoms with E-state index in [1.54, 1.807) is 0 Å². The number of carbonyl (C=O) groups excluding carboxylic acids is 1. The predicted molar refractivity (Wildman–Crippen MR) is 59.6 cm³/mol. The molecule has 2 nitrogen and oxygen atoms in total. The van der Waals surface area contributed by atoms with Gasteiger partial charge in [0.2, 0.25) is 0 Å². The average Bonchev–Trinajstić information content (AvgIpc) is 2.11. The van der Waals surface area contributed by atoms with E-state index in [0.717, 1.165) is 15.6 Å². The fraction of sp³-hybridized carbons (Fsp3) is 0.364. The Hall–Kier alpha value is -0.670. The maximum Gasteiger partial charge on any atom is 0.165 e. The summed E-state index contributed by atoms with van der Waals surface area (Å²) in [6.07, 6.45) is 0.196. The highest BCUT2D eigenvalue weighted by Gasteiger charge is 2.10. The lowest BCUT2D eigenvalue weighted by Gasteiger charge is -2.07. The number of aliphatic hydroxyl groups excluding tert-OH is 1. The average molecular weight is 257 g/mol. The zero-order valence-corrected chi connectivity index (χ0v) is 9.89. The molecular weight excluding hydrogens is 244 g/mol. The summed E-state index contributed by atoms with van der Waals surface area (Å²) in [5, 5.41) is 8.68. The first-order valence-corrected chi connectivity index (χ1v) is 5.26. The van der Waals surface area contributed by atoms with Crippen LogP contribution in [0.5, 0.6) is 0 Å². The van der Waals surface area contributed by atoms with Gasteiger partial charge in [0.1, 0.15) is 0 Å². The Kier molecular flexibility index (Phi) is 3.84. The summed E-state index contributed by atoms with van der Waals surface area (Å²) in [6, 6.07) is 3.79. The highest BCUT2D eigenvalue weighted by atomic mass is 79.9. The normalized spacial score (nSPS) is 10.3. The van der Waals surface area contributed by atoms with E-state index in [9.17, 15) is 4.79 Å². The summed E-state index contributed by atoms with van der Waals surface area (Å²) in [4.78, 5) is 11.6. The second-order valence-corrected chi connectivity index (χ2v) is 4.17. The molecule has 14 heavy (non-hydrogen) atoms. The summed E-state index contributed by atoms with van der Waals surface area (Å²) < 4.78 is 1.01. The third-order valence-corrected chi connectivity index (χ3v) is 3.00. The van der Waals surface area contributed by atoms with Gasteiger partial charge in [-0.3, -0.25) is 4.79 Å². The number of ketones is 1. The van der Waals surface area contributed by atoms with Gasteiger partial charge in [-0.1, -0.05) is 15.9 Å². The number of hydrogen-bond acceptors (Lipinski definition) is 2. The van der Waals surface area contributed by atoms with Gasteiger partial charge in [-0.15, -0.1) is 0 Å². The fourth-order valence-corrected chi connectivity index (χ4v) is 1.78. The number of rotatable bonds is 3. The third kappa shape index (κ3) is 2.42. The molecule has 0 heterocycles. The van der Waals surface area contributed by atoms with Crippen LogP contribution < -0.4 is 0 Å². The minimum Gasteiger partial charge on any atom is -0.396 e. The molecule has 0 radical (unpaired) electrons. The summed E-state index contributed by atoms with van der Waals surface area (Å²) in [7, 11) is 0. The minimum absolute atomic E-state index is 0.000556. The van der Waals surface area contributed by atoms with E-state index in [1.807, 2.05) is 26.0 Å². The number of hydrogen-bond donors (Lipinski definition) is 1. The van der Waals surface area contributed by atoms with Gasteiger partial charge in [-0.25, -0.2) is 0 Å². The Balaban J connectivity index is 3.09. The molecule has 0 aromatic heterocycles. The Bertz CT molecular complexity index is 359. The molecule has 0 aliphatic rings. The smallest absolute Gasteiger partial charge is 0.165 e. The van der Waals surface area contributed by atoms with Crippen molar-refractivity contribution in [2.24, 2.45) is 0 Å². The van der Waals surface area contributed by atoms with Crippen LogP contribution in [-0.4, -0.2) is 17.5 Å². The second-order valence-electron chi connectivity index (χ2n) is 3.31. The summed E-state index contributed by atoms with van der Waals surface area (Å²) in [6.45, 7) is 3.75. The molecule has 0 aliphatic heterocycles. The molecule has 3 heteroatoms. The first-order chi connectivity index (χ1) is 6.56. The Morgan fingerprint density at radius 1 is 1.36 bits per heavy atom. The molecule has 0 bridgehead atoms. The molecular formula is C11H13BrO2. The topological polar surface area (TPSA) is 37.3 Å². The number of aliphatic hydroxyl groups is 1. The lowest BCUT2D eigenvalue weighted by atomic mass is 10.0. The largest absolute Gasteiger partial charge is 0.396 e. The molecule has 0 saturated carbocycles. The van der Waals surface area contributed by atoms with Crippen molar-refractivity contribution in [2.75, 3.05) is 6.61 Å². The molecule has 1 N–H and O–H groups in total. The maximum absolute atomic E-state index is 11.6. The third-order valence-electron chi connectivity index (χ3n) is 2.14. The van der Waals surface area contributed by atoms with Crippen LogP contribution in [0.4, 0.5) is 0 Å². The molecule has 76 valence electrons. The molecule has 0 amide bonds. The zero-order chi connectivity index (χ0) is 10.7. The van der Waals surface area contributed by atoms with Crippen molar-refractivity contribution in [3.8, 4) is 0 Å². The van der Waals surface area contributed by atoms with E-state index in [0.29, 0.717) is 5.56 Å². The van der Waals surface area contributed by atoms with Crippen LogP contribution in [0, 0.1) is 13.8 Å². The molecule has 0 unspecified atom stereocenters. The highest BCUT2D eigenvalue weighted by molar-refractivity contribution is 9.10. The van der Waals surface area contributed by atoms with Gasteiger partial charge >= 0.3 is 0 Å². The van der Waals surface area contributed by atoms with Crippen LogP contribution >= 0.6 is 15.9 Å². The number of benzene rings is 1. The first-order valence-electron chi connectivity index (χ1n) is 4.47. The first kappa shape index (κ1) is 11.4. The Morgan fingerprint density at radius 3 is 2.57 bits per heavy atom. The van der Waals surface area contributed by atoms with Crippen LogP contribution in [0.1, 0.15) is 27.9 Å². The molecule has 1 aromatic rings. The Labute approximate surface area is 92.1 Å². The highest BCUT2D eigenvalue weighted by Crippen LogP contribution is 2.21. The maximum atomic E-state index is 11.6. The lowest BCUT2D eigenvalue weighted by molar-refractivity contribution is 0.0956. The SMILES string of the molecule is Cc1cc(C(=O)CCO)c(C)cc1Br. The van der Waals surface area contributed by atoms with Gasteiger partial charge in [0.05, 0.1) is 6.61 Å². The zero-order valence-electron chi connectivity index (χ0n) is 8.30. The van der Waals surface area contributed by atoms with Gasteiger partial charge in [-0.05, 0) is 37.1 Å². The lowest BCUT2D eigenvalue weighted by Crippen LogP contribution is -2.04. The molecule has 0 spiro atoms. The second kappa shape index (κ2) is 4.71. The van der Waals surface area contributed by atoms with Crippen molar-refractivity contribution < 1.29 is 9.90 Å². The van der Waals surface area contributed by atoms with E-state index in [-0.39, 0.29) is 18.8 Å². The van der Waals surface area contributed by atoms with Crippen LogP contribution in [0.25, 0.3) is 0 Å². The van der Waals surface area contributed by atoms with Crippen molar-refractivity contribution in [1.29, 1.82) is 0 Å². The van der Waals surface area contributed by atoms with Crippen LogP contribution in [0.2, 0.25) is 0 Å². The summed E-state index contributed by atoms with van der Waals surface area (Å²) in [5.41, 5.74) is 2.69. The van der Waals surface area contributed by atoms with Crippen molar-refractivity contribution in [2.45, 2.75) is 20.3 Å². The van der Waals surface area contributed by atoms with E-state index >= 15 is 0 Å². The van der Waals surface area contributed by atoms with Gasteiger partial charge < -0.3 is 5.11 Å². The minimum atomic E-state index is -0.0899. The molecule has 1 aromatic carbocycles. The van der Waals surface area contributed by atoms with Gasteiger partial charge in [-0.2, -0.15) is 0 Å². The van der Waals surface area contributed by atoms with Gasteiger partial charge in [0, 0.05) is 16.5 Å². The van der Waals surface area contributed by atoms with Crippen molar-refractivity contribution in [3.05, 3.63) is 33.3 Å². The number of halogens is 1. The van der Waals surface area contributed by atoms with Gasteiger partial charge in [0.25, 0.3) is 0 Å². The molecule has 0 atom stereocenters. The fourth-order valence-electron chi connectivity index (χ4n) is 1.32. The van der Waals surface area contributed by atoms with E-state index in [4.69, 9.17) is 5.11 Å². The standard InChI is InChI=1S/C11H13BrO2/c1-7-6-10(12)8(2)5-9(7)11(14)3-4-13/h5-6,13H,3-4H2,1-2H3. The van der Waals surface area contributed by atoms with E-state index in [2.05, 4.69) is 15.9 Å². The summed E-state index contributed by atoms with van der Waals surface area (Å²) >= 11 is 3.41. The van der Waals surface area contributed by atoms with E-state index < -0.39 is 0 Å². The monoisotopic (exact) mass is 256 g/mol. The number of aryl methyl sites for hydroxylation is 2. The van der Waals surface area contributed by atoms with Crippen molar-refractivity contribution in [1.82, 2.24) is 0 Å². The Morgan fingerprint density at radius 2 is 2.00 bits per heavy atom. The van der Waals surface area contributed by atoms with Crippen LogP contribution in [-0.2, 0) is 0 Å². The predicted octanol–water partition coefficient (Wildman–Crippen LogP) is 2.63. The molecule has 1 rings (SSSR count). The van der Waals surface area contributed by atoms with Crippen LogP contribution in [0.3, 0.4) is 0 Å². The van der Waals surface area contributed by atoms with Crippen molar-refractivity contribution in [3.63, 3.8) is 0 Å².